The molecule has 0 saturated carbocycles. The van der Waals surface area contributed by atoms with E-state index >= 15 is 0 Å². The van der Waals surface area contributed by atoms with Gasteiger partial charge < -0.3 is 11.1 Å². The molecule has 3 heterocycles. The van der Waals surface area contributed by atoms with Crippen LogP contribution in [0.2, 0.25) is 0 Å². The standard InChI is InChI=1S/C11H15N5/c12-9-4-1-5-11-14-10(15-16(9)11)7-8-3-2-6-13-8/h1,4-5,8,13H,2-3,6-7,12H2. The van der Waals surface area contributed by atoms with Crippen LogP contribution in [0.3, 0.4) is 0 Å². The van der Waals surface area contributed by atoms with Crippen LogP contribution >= 0.6 is 0 Å². The number of anilines is 1. The van der Waals surface area contributed by atoms with E-state index in [0.717, 1.165) is 24.4 Å². The van der Waals surface area contributed by atoms with E-state index in [4.69, 9.17) is 5.73 Å². The van der Waals surface area contributed by atoms with Crippen LogP contribution in [0.4, 0.5) is 5.82 Å². The summed E-state index contributed by atoms with van der Waals surface area (Å²) in [5.74, 6) is 1.51. The van der Waals surface area contributed by atoms with Gasteiger partial charge in [0.15, 0.2) is 11.5 Å². The minimum atomic E-state index is 0.527. The van der Waals surface area contributed by atoms with Crippen LogP contribution in [0, 0.1) is 0 Å². The van der Waals surface area contributed by atoms with Crippen molar-refractivity contribution < 1.29 is 0 Å². The van der Waals surface area contributed by atoms with Gasteiger partial charge in [-0.2, -0.15) is 4.52 Å². The van der Waals surface area contributed by atoms with Gasteiger partial charge in [0.1, 0.15) is 5.82 Å². The molecule has 1 aliphatic rings. The van der Waals surface area contributed by atoms with E-state index in [-0.39, 0.29) is 0 Å². The summed E-state index contributed by atoms with van der Waals surface area (Å²) in [5, 5.41) is 7.86. The molecule has 0 radical (unpaired) electrons. The molecule has 16 heavy (non-hydrogen) atoms. The molecule has 84 valence electrons. The molecular formula is C11H15N5. The molecule has 1 unspecified atom stereocenters. The molecule has 0 aliphatic carbocycles. The van der Waals surface area contributed by atoms with Crippen molar-refractivity contribution in [2.24, 2.45) is 0 Å². The molecule has 2 aromatic rings. The number of rotatable bonds is 2. The van der Waals surface area contributed by atoms with E-state index in [1.54, 1.807) is 4.52 Å². The zero-order valence-electron chi connectivity index (χ0n) is 9.06. The summed E-state index contributed by atoms with van der Waals surface area (Å²) in [6.45, 7) is 1.11. The Bertz CT molecular complexity index is 498. The first-order valence-electron chi connectivity index (χ1n) is 5.66. The highest BCUT2D eigenvalue weighted by Gasteiger charge is 2.17. The van der Waals surface area contributed by atoms with Crippen LogP contribution in [0.15, 0.2) is 18.2 Å². The summed E-state index contributed by atoms with van der Waals surface area (Å²) in [5.41, 5.74) is 6.65. The molecule has 1 saturated heterocycles. The quantitative estimate of drug-likeness (QED) is 0.773. The van der Waals surface area contributed by atoms with E-state index in [2.05, 4.69) is 15.4 Å². The maximum Gasteiger partial charge on any atom is 0.157 e. The molecular weight excluding hydrogens is 202 g/mol. The van der Waals surface area contributed by atoms with Gasteiger partial charge in [-0.15, -0.1) is 5.10 Å². The summed E-state index contributed by atoms with van der Waals surface area (Å²) in [6.07, 6.45) is 3.35. The molecule has 1 fully saturated rings. The van der Waals surface area contributed by atoms with Crippen molar-refractivity contribution in [2.45, 2.75) is 25.3 Å². The Morgan fingerprint density at radius 2 is 2.44 bits per heavy atom. The fourth-order valence-corrected chi connectivity index (χ4v) is 2.21. The van der Waals surface area contributed by atoms with Crippen LogP contribution in [0.5, 0.6) is 0 Å². The summed E-state index contributed by atoms with van der Waals surface area (Å²) in [6, 6.07) is 6.18. The number of nitrogen functional groups attached to an aromatic ring is 1. The number of hydrogen-bond donors (Lipinski definition) is 2. The smallest absolute Gasteiger partial charge is 0.157 e. The summed E-state index contributed by atoms with van der Waals surface area (Å²) < 4.78 is 1.70. The first-order chi connectivity index (χ1) is 7.83. The lowest BCUT2D eigenvalue weighted by molar-refractivity contribution is 0.585. The third-order valence-electron chi connectivity index (χ3n) is 3.02. The average Bonchev–Trinajstić information content (AvgIpc) is 2.88. The van der Waals surface area contributed by atoms with Crippen molar-refractivity contribution in [1.29, 1.82) is 0 Å². The lowest BCUT2D eigenvalue weighted by Crippen LogP contribution is -2.24. The highest BCUT2D eigenvalue weighted by atomic mass is 15.3. The second-order valence-corrected chi connectivity index (χ2v) is 4.25. The Morgan fingerprint density at radius 3 is 3.19 bits per heavy atom. The maximum atomic E-state index is 5.82. The number of hydrogen-bond acceptors (Lipinski definition) is 4. The van der Waals surface area contributed by atoms with Gasteiger partial charge in [0.25, 0.3) is 0 Å². The molecule has 3 rings (SSSR count). The van der Waals surface area contributed by atoms with Gasteiger partial charge in [-0.3, -0.25) is 0 Å². The van der Waals surface area contributed by atoms with Crippen molar-refractivity contribution in [3.8, 4) is 0 Å². The van der Waals surface area contributed by atoms with Gasteiger partial charge in [0.2, 0.25) is 0 Å². The molecule has 2 aromatic heterocycles. The topological polar surface area (TPSA) is 68.2 Å². The number of nitrogens with zero attached hydrogens (tertiary/aromatic N) is 3. The third-order valence-corrected chi connectivity index (χ3v) is 3.02. The zero-order chi connectivity index (χ0) is 11.0. The van der Waals surface area contributed by atoms with Gasteiger partial charge in [-0.1, -0.05) is 6.07 Å². The highest BCUT2D eigenvalue weighted by molar-refractivity contribution is 5.45. The van der Waals surface area contributed by atoms with E-state index in [1.807, 2.05) is 18.2 Å². The molecule has 0 spiro atoms. The molecule has 1 atom stereocenters. The third kappa shape index (κ3) is 1.63. The first-order valence-corrected chi connectivity index (χ1v) is 5.66. The van der Waals surface area contributed by atoms with Crippen molar-refractivity contribution in [2.75, 3.05) is 12.3 Å². The normalized spacial score (nSPS) is 20.6. The molecule has 5 nitrogen and oxygen atoms in total. The number of aromatic nitrogens is 3. The van der Waals surface area contributed by atoms with Gasteiger partial charge in [0, 0.05) is 12.5 Å². The fraction of sp³-hybridized carbons (Fsp3) is 0.455. The molecule has 3 N–H and O–H groups in total. The molecule has 0 bridgehead atoms. The Kier molecular flexibility index (Phi) is 2.25. The van der Waals surface area contributed by atoms with Crippen LogP contribution in [-0.2, 0) is 6.42 Å². The molecule has 0 amide bonds. The van der Waals surface area contributed by atoms with Gasteiger partial charge in [-0.25, -0.2) is 4.98 Å². The largest absolute Gasteiger partial charge is 0.384 e. The van der Waals surface area contributed by atoms with Crippen LogP contribution in [0.25, 0.3) is 5.65 Å². The number of fused-ring (bicyclic) bond motifs is 1. The predicted octanol–water partition coefficient (Wildman–Crippen LogP) is 0.606. The van der Waals surface area contributed by atoms with Crippen LogP contribution in [0.1, 0.15) is 18.7 Å². The first kappa shape index (κ1) is 9.59. The van der Waals surface area contributed by atoms with E-state index in [0.29, 0.717) is 11.9 Å². The van der Waals surface area contributed by atoms with Crippen molar-refractivity contribution in [3.05, 3.63) is 24.0 Å². The Balaban J connectivity index is 1.90. The monoisotopic (exact) mass is 217 g/mol. The zero-order valence-corrected chi connectivity index (χ0v) is 9.06. The minimum absolute atomic E-state index is 0.527. The SMILES string of the molecule is Nc1cccc2nc(CC3CCCN3)nn12. The van der Waals surface area contributed by atoms with Gasteiger partial charge in [-0.05, 0) is 31.5 Å². The number of nitrogens with two attached hydrogens (primary N) is 1. The van der Waals surface area contributed by atoms with Crippen molar-refractivity contribution in [1.82, 2.24) is 19.9 Å². The Hall–Kier alpha value is -1.62. The van der Waals surface area contributed by atoms with Crippen LogP contribution in [-0.4, -0.2) is 27.2 Å². The van der Waals surface area contributed by atoms with Gasteiger partial charge >= 0.3 is 0 Å². The average molecular weight is 217 g/mol. The van der Waals surface area contributed by atoms with Crippen molar-refractivity contribution >= 4 is 11.5 Å². The fourth-order valence-electron chi connectivity index (χ4n) is 2.21. The highest BCUT2D eigenvalue weighted by Crippen LogP contribution is 2.12. The molecule has 5 heteroatoms. The minimum Gasteiger partial charge on any atom is -0.384 e. The maximum absolute atomic E-state index is 5.82. The molecule has 0 aromatic carbocycles. The van der Waals surface area contributed by atoms with Crippen LogP contribution < -0.4 is 11.1 Å². The number of nitrogens with one attached hydrogen (secondary N) is 1. The second-order valence-electron chi connectivity index (χ2n) is 4.25. The van der Waals surface area contributed by atoms with E-state index < -0.39 is 0 Å². The number of pyridine rings is 1. The summed E-state index contributed by atoms with van der Waals surface area (Å²) in [4.78, 5) is 4.47. The van der Waals surface area contributed by atoms with E-state index in [9.17, 15) is 0 Å². The van der Waals surface area contributed by atoms with Crippen molar-refractivity contribution in [3.63, 3.8) is 0 Å². The van der Waals surface area contributed by atoms with Gasteiger partial charge in [0.05, 0.1) is 0 Å². The lowest BCUT2D eigenvalue weighted by atomic mass is 10.1. The second kappa shape index (κ2) is 3.75. The summed E-state index contributed by atoms with van der Waals surface area (Å²) >= 11 is 0. The lowest BCUT2D eigenvalue weighted by Gasteiger charge is -2.05. The Morgan fingerprint density at radius 1 is 1.50 bits per heavy atom. The van der Waals surface area contributed by atoms with E-state index in [1.165, 1.54) is 12.8 Å². The summed E-state index contributed by atoms with van der Waals surface area (Å²) in [7, 11) is 0. The predicted molar refractivity (Wildman–Crippen MR) is 62.1 cm³/mol. The Labute approximate surface area is 93.7 Å². The molecule has 1 aliphatic heterocycles.